The van der Waals surface area contributed by atoms with Crippen molar-refractivity contribution in [1.82, 2.24) is 0 Å². The van der Waals surface area contributed by atoms with Crippen molar-refractivity contribution in [2.75, 3.05) is 22.5 Å². The molecule has 0 saturated carbocycles. The Morgan fingerprint density at radius 3 is 2.62 bits per heavy atom. The zero-order valence-electron chi connectivity index (χ0n) is 13.2. The fourth-order valence-corrected chi connectivity index (χ4v) is 2.25. The minimum atomic E-state index is -0.507. The van der Waals surface area contributed by atoms with Crippen LogP contribution in [0.4, 0.5) is 17.1 Å². The maximum Gasteiger partial charge on any atom is 0.267 e. The van der Waals surface area contributed by atoms with Crippen LogP contribution in [0.2, 0.25) is 5.02 Å². The SMILES string of the molecule is CCN(/C=C(/C#N)C(=O)Nc1ccc(N)c(Cl)c1)c1ccccc1. The predicted molar refractivity (Wildman–Crippen MR) is 97.7 cm³/mol. The summed E-state index contributed by atoms with van der Waals surface area (Å²) in [5, 5.41) is 12.3. The molecule has 0 spiro atoms. The summed E-state index contributed by atoms with van der Waals surface area (Å²) in [5.41, 5.74) is 7.43. The molecule has 2 aromatic carbocycles. The molecule has 122 valence electrons. The van der Waals surface area contributed by atoms with Crippen molar-refractivity contribution in [3.05, 3.63) is 65.3 Å². The molecule has 0 unspecified atom stereocenters. The van der Waals surface area contributed by atoms with Gasteiger partial charge in [0, 0.05) is 24.1 Å². The summed E-state index contributed by atoms with van der Waals surface area (Å²) in [7, 11) is 0. The number of halogens is 1. The molecule has 5 nitrogen and oxygen atoms in total. The molecule has 0 saturated heterocycles. The van der Waals surface area contributed by atoms with Gasteiger partial charge >= 0.3 is 0 Å². The number of hydrogen-bond donors (Lipinski definition) is 2. The van der Waals surface area contributed by atoms with Crippen LogP contribution in [0.5, 0.6) is 0 Å². The maximum absolute atomic E-state index is 12.3. The third-order valence-corrected chi connectivity index (χ3v) is 3.66. The van der Waals surface area contributed by atoms with Gasteiger partial charge < -0.3 is 16.0 Å². The lowest BCUT2D eigenvalue weighted by atomic mass is 10.2. The van der Waals surface area contributed by atoms with Crippen LogP contribution in [0, 0.1) is 11.3 Å². The topological polar surface area (TPSA) is 82.2 Å². The lowest BCUT2D eigenvalue weighted by Gasteiger charge is -2.18. The van der Waals surface area contributed by atoms with E-state index in [2.05, 4.69) is 5.32 Å². The summed E-state index contributed by atoms with van der Waals surface area (Å²) < 4.78 is 0. The van der Waals surface area contributed by atoms with Gasteiger partial charge in [-0.1, -0.05) is 29.8 Å². The quantitative estimate of drug-likeness (QED) is 0.493. The van der Waals surface area contributed by atoms with Gasteiger partial charge in [-0.05, 0) is 37.3 Å². The number of carbonyl (C=O) groups is 1. The summed E-state index contributed by atoms with van der Waals surface area (Å²) in [5.74, 6) is -0.507. The van der Waals surface area contributed by atoms with Gasteiger partial charge in [0.05, 0.1) is 10.7 Å². The van der Waals surface area contributed by atoms with Crippen LogP contribution in [0.15, 0.2) is 60.3 Å². The first-order valence-corrected chi connectivity index (χ1v) is 7.73. The van der Waals surface area contributed by atoms with Crippen molar-refractivity contribution >= 4 is 34.6 Å². The summed E-state index contributed by atoms with van der Waals surface area (Å²) in [6.07, 6.45) is 1.53. The van der Waals surface area contributed by atoms with Gasteiger partial charge in [0.25, 0.3) is 5.91 Å². The Morgan fingerprint density at radius 2 is 2.04 bits per heavy atom. The van der Waals surface area contributed by atoms with E-state index >= 15 is 0 Å². The Hall–Kier alpha value is -2.97. The monoisotopic (exact) mass is 340 g/mol. The number of amides is 1. The molecule has 24 heavy (non-hydrogen) atoms. The summed E-state index contributed by atoms with van der Waals surface area (Å²) in [6, 6.07) is 16.2. The summed E-state index contributed by atoms with van der Waals surface area (Å²) >= 11 is 5.93. The van der Waals surface area contributed by atoms with E-state index in [1.54, 1.807) is 18.2 Å². The molecule has 2 rings (SSSR count). The van der Waals surface area contributed by atoms with E-state index in [0.717, 1.165) is 5.69 Å². The first-order chi connectivity index (χ1) is 11.5. The number of anilines is 3. The smallest absolute Gasteiger partial charge is 0.267 e. The number of nitrogens with zero attached hydrogens (tertiary/aromatic N) is 2. The van der Waals surface area contributed by atoms with Crippen LogP contribution in [0.3, 0.4) is 0 Å². The fourth-order valence-electron chi connectivity index (χ4n) is 2.07. The van der Waals surface area contributed by atoms with Gasteiger partial charge in [-0.3, -0.25) is 4.79 Å². The van der Waals surface area contributed by atoms with E-state index in [0.29, 0.717) is 22.9 Å². The molecule has 0 heterocycles. The van der Waals surface area contributed by atoms with Crippen molar-refractivity contribution in [2.24, 2.45) is 0 Å². The zero-order valence-corrected chi connectivity index (χ0v) is 13.9. The molecule has 0 aromatic heterocycles. The highest BCUT2D eigenvalue weighted by Gasteiger charge is 2.12. The van der Waals surface area contributed by atoms with E-state index in [1.165, 1.54) is 6.20 Å². The van der Waals surface area contributed by atoms with Crippen LogP contribution in [0.1, 0.15) is 6.92 Å². The molecule has 0 aliphatic rings. The molecule has 6 heteroatoms. The van der Waals surface area contributed by atoms with Crippen LogP contribution in [-0.2, 0) is 4.79 Å². The highest BCUT2D eigenvalue weighted by atomic mass is 35.5. The molecule has 0 atom stereocenters. The normalized spacial score (nSPS) is 10.8. The number of rotatable bonds is 5. The number of nitrogens with one attached hydrogen (secondary N) is 1. The highest BCUT2D eigenvalue weighted by molar-refractivity contribution is 6.33. The zero-order chi connectivity index (χ0) is 17.5. The number of nitrogens with two attached hydrogens (primary N) is 1. The van der Waals surface area contributed by atoms with E-state index in [1.807, 2.05) is 48.2 Å². The molecule has 0 aliphatic carbocycles. The number of hydrogen-bond acceptors (Lipinski definition) is 4. The van der Waals surface area contributed by atoms with Gasteiger partial charge in [-0.2, -0.15) is 5.26 Å². The van der Waals surface area contributed by atoms with Gasteiger partial charge in [0.15, 0.2) is 0 Å². The molecule has 1 amide bonds. The maximum atomic E-state index is 12.3. The van der Waals surface area contributed by atoms with Gasteiger partial charge in [-0.15, -0.1) is 0 Å². The summed E-state index contributed by atoms with van der Waals surface area (Å²) in [6.45, 7) is 2.56. The molecule has 2 aromatic rings. The average Bonchev–Trinajstić information content (AvgIpc) is 2.60. The van der Waals surface area contributed by atoms with Crippen molar-refractivity contribution in [2.45, 2.75) is 6.92 Å². The largest absolute Gasteiger partial charge is 0.398 e. The van der Waals surface area contributed by atoms with Crippen LogP contribution < -0.4 is 16.0 Å². The average molecular weight is 341 g/mol. The Bertz CT molecular complexity index is 796. The second-order valence-corrected chi connectivity index (χ2v) is 5.37. The van der Waals surface area contributed by atoms with Crippen molar-refractivity contribution in [3.63, 3.8) is 0 Å². The van der Waals surface area contributed by atoms with E-state index < -0.39 is 5.91 Å². The minimum Gasteiger partial charge on any atom is -0.398 e. The Kier molecular flexibility index (Phi) is 5.83. The Balaban J connectivity index is 2.21. The molecule has 0 aliphatic heterocycles. The Morgan fingerprint density at radius 1 is 1.33 bits per heavy atom. The third-order valence-electron chi connectivity index (χ3n) is 3.34. The van der Waals surface area contributed by atoms with Crippen molar-refractivity contribution in [1.29, 1.82) is 5.26 Å². The second kappa shape index (κ2) is 8.04. The van der Waals surface area contributed by atoms with E-state index in [4.69, 9.17) is 17.3 Å². The second-order valence-electron chi connectivity index (χ2n) is 4.97. The molecular weight excluding hydrogens is 324 g/mol. The number of nitrogen functional groups attached to an aromatic ring is 1. The molecule has 0 radical (unpaired) electrons. The number of nitriles is 1. The summed E-state index contributed by atoms with van der Waals surface area (Å²) in [4.78, 5) is 14.1. The van der Waals surface area contributed by atoms with Gasteiger partial charge in [0.1, 0.15) is 11.6 Å². The van der Waals surface area contributed by atoms with Crippen molar-refractivity contribution in [3.8, 4) is 6.07 Å². The first-order valence-electron chi connectivity index (χ1n) is 7.35. The molecule has 3 N–H and O–H groups in total. The fraction of sp³-hybridized carbons (Fsp3) is 0.111. The highest BCUT2D eigenvalue weighted by Crippen LogP contribution is 2.23. The number of carbonyl (C=O) groups excluding carboxylic acids is 1. The van der Waals surface area contributed by atoms with E-state index in [9.17, 15) is 10.1 Å². The lowest BCUT2D eigenvalue weighted by molar-refractivity contribution is -0.112. The third kappa shape index (κ3) is 4.28. The van der Waals surface area contributed by atoms with Gasteiger partial charge in [0.2, 0.25) is 0 Å². The van der Waals surface area contributed by atoms with Crippen LogP contribution in [0.25, 0.3) is 0 Å². The molecule has 0 fully saturated rings. The van der Waals surface area contributed by atoms with Crippen LogP contribution >= 0.6 is 11.6 Å². The predicted octanol–water partition coefficient (Wildman–Crippen LogP) is 3.79. The van der Waals surface area contributed by atoms with Crippen LogP contribution in [-0.4, -0.2) is 12.5 Å². The molecule has 0 bridgehead atoms. The number of benzene rings is 2. The minimum absolute atomic E-state index is 0.00588. The van der Waals surface area contributed by atoms with Crippen molar-refractivity contribution < 1.29 is 4.79 Å². The first kappa shape index (κ1) is 17.4. The molecular formula is C18H17ClN4O. The standard InChI is InChI=1S/C18H17ClN4O/c1-2-23(15-6-4-3-5-7-15)12-13(11-20)18(24)22-14-8-9-17(21)16(19)10-14/h3-10,12H,2,21H2,1H3,(H,22,24)/b13-12-. The Labute approximate surface area is 145 Å². The lowest BCUT2D eigenvalue weighted by Crippen LogP contribution is -2.20. The van der Waals surface area contributed by atoms with E-state index in [-0.39, 0.29) is 5.57 Å². The number of para-hydroxylation sites is 1. The van der Waals surface area contributed by atoms with Gasteiger partial charge in [-0.25, -0.2) is 0 Å².